The first-order valence-corrected chi connectivity index (χ1v) is 9.40. The van der Waals surface area contributed by atoms with Gasteiger partial charge in [-0.25, -0.2) is 0 Å². The molecule has 142 valence electrons. The number of ether oxygens (including phenoxy) is 2. The molecule has 1 fully saturated rings. The molecular formula is C18H16BrClN2O5. The molecule has 1 N–H and O–H groups in total. The normalized spacial score (nSPS) is 16.1. The van der Waals surface area contributed by atoms with Crippen molar-refractivity contribution in [1.82, 2.24) is 0 Å². The van der Waals surface area contributed by atoms with Crippen molar-refractivity contribution in [3.05, 3.63) is 61.6 Å². The molecule has 0 aromatic heterocycles. The van der Waals surface area contributed by atoms with Gasteiger partial charge in [0.2, 0.25) is 0 Å². The van der Waals surface area contributed by atoms with Gasteiger partial charge in [-0.1, -0.05) is 11.6 Å². The van der Waals surface area contributed by atoms with E-state index in [0.717, 1.165) is 19.4 Å². The molecule has 1 saturated heterocycles. The standard InChI is InChI=1S/C18H16BrClN2O5/c19-14-8-11(3-6-17(14)27-10-13-2-1-7-26-13)18(23)21-16-5-4-12(22(24)25)9-15(16)20/h3-6,8-9,13H,1-2,7,10H2,(H,21,23). The van der Waals surface area contributed by atoms with Crippen LogP contribution in [0, 0.1) is 10.1 Å². The average molecular weight is 456 g/mol. The van der Waals surface area contributed by atoms with Crippen molar-refractivity contribution >= 4 is 44.8 Å². The summed E-state index contributed by atoms with van der Waals surface area (Å²) < 4.78 is 11.9. The number of hydrogen-bond donors (Lipinski definition) is 1. The monoisotopic (exact) mass is 454 g/mol. The smallest absolute Gasteiger partial charge is 0.271 e. The van der Waals surface area contributed by atoms with Crippen LogP contribution in [0.3, 0.4) is 0 Å². The summed E-state index contributed by atoms with van der Waals surface area (Å²) in [7, 11) is 0. The zero-order valence-electron chi connectivity index (χ0n) is 14.1. The quantitative estimate of drug-likeness (QED) is 0.498. The molecule has 1 atom stereocenters. The van der Waals surface area contributed by atoms with Crippen LogP contribution < -0.4 is 10.1 Å². The van der Waals surface area contributed by atoms with Crippen LogP contribution in [0.25, 0.3) is 0 Å². The van der Waals surface area contributed by atoms with E-state index in [1.54, 1.807) is 18.2 Å². The Labute approximate surface area is 168 Å². The summed E-state index contributed by atoms with van der Waals surface area (Å²) in [4.78, 5) is 22.6. The summed E-state index contributed by atoms with van der Waals surface area (Å²) in [5, 5.41) is 13.5. The fourth-order valence-electron chi connectivity index (χ4n) is 2.63. The second-order valence-electron chi connectivity index (χ2n) is 5.97. The van der Waals surface area contributed by atoms with E-state index in [1.165, 1.54) is 18.2 Å². The molecule has 0 spiro atoms. The predicted octanol–water partition coefficient (Wildman–Crippen LogP) is 4.82. The lowest BCUT2D eigenvalue weighted by molar-refractivity contribution is -0.384. The van der Waals surface area contributed by atoms with Crippen LogP contribution in [0.15, 0.2) is 40.9 Å². The van der Waals surface area contributed by atoms with Crippen molar-refractivity contribution in [3.8, 4) is 5.75 Å². The zero-order valence-corrected chi connectivity index (χ0v) is 16.5. The molecule has 3 rings (SSSR count). The Bertz CT molecular complexity index is 871. The number of halogens is 2. The van der Waals surface area contributed by atoms with Gasteiger partial charge in [0, 0.05) is 24.3 Å². The van der Waals surface area contributed by atoms with Gasteiger partial charge in [0.1, 0.15) is 12.4 Å². The van der Waals surface area contributed by atoms with Gasteiger partial charge in [-0.3, -0.25) is 14.9 Å². The van der Waals surface area contributed by atoms with E-state index < -0.39 is 10.8 Å². The van der Waals surface area contributed by atoms with Gasteiger partial charge >= 0.3 is 0 Å². The molecular weight excluding hydrogens is 440 g/mol. The van der Waals surface area contributed by atoms with Gasteiger partial charge in [-0.2, -0.15) is 0 Å². The van der Waals surface area contributed by atoms with Crippen molar-refractivity contribution in [3.63, 3.8) is 0 Å². The molecule has 1 aliphatic rings. The van der Waals surface area contributed by atoms with Crippen LogP contribution in [0.2, 0.25) is 5.02 Å². The largest absolute Gasteiger partial charge is 0.490 e. The highest BCUT2D eigenvalue weighted by Gasteiger charge is 2.18. The third-order valence-electron chi connectivity index (χ3n) is 4.05. The highest BCUT2D eigenvalue weighted by molar-refractivity contribution is 9.10. The Kier molecular flexibility index (Phi) is 6.30. The molecule has 1 aliphatic heterocycles. The van der Waals surface area contributed by atoms with E-state index >= 15 is 0 Å². The molecule has 27 heavy (non-hydrogen) atoms. The maximum Gasteiger partial charge on any atom is 0.271 e. The Hall–Kier alpha value is -2.16. The van der Waals surface area contributed by atoms with Crippen LogP contribution >= 0.6 is 27.5 Å². The second kappa shape index (κ2) is 8.69. The van der Waals surface area contributed by atoms with Crippen molar-refractivity contribution in [2.24, 2.45) is 0 Å². The molecule has 0 saturated carbocycles. The van der Waals surface area contributed by atoms with E-state index in [1.807, 2.05) is 0 Å². The number of rotatable bonds is 6. The van der Waals surface area contributed by atoms with Crippen molar-refractivity contribution < 1.29 is 19.2 Å². The Morgan fingerprint density at radius 1 is 1.37 bits per heavy atom. The minimum atomic E-state index is -0.552. The molecule has 0 bridgehead atoms. The zero-order chi connectivity index (χ0) is 19.4. The molecule has 1 heterocycles. The van der Waals surface area contributed by atoms with E-state index in [4.69, 9.17) is 21.1 Å². The minimum absolute atomic E-state index is 0.0909. The van der Waals surface area contributed by atoms with Gasteiger partial charge in [0.05, 0.1) is 26.2 Å². The number of carbonyl (C=O) groups is 1. The lowest BCUT2D eigenvalue weighted by Crippen LogP contribution is -2.16. The molecule has 1 amide bonds. The topological polar surface area (TPSA) is 90.7 Å². The van der Waals surface area contributed by atoms with Crippen molar-refractivity contribution in [2.75, 3.05) is 18.5 Å². The van der Waals surface area contributed by atoms with E-state index in [2.05, 4.69) is 21.2 Å². The number of nitrogens with zero attached hydrogens (tertiary/aromatic N) is 1. The summed E-state index contributed by atoms with van der Waals surface area (Å²) in [6, 6.07) is 8.83. The van der Waals surface area contributed by atoms with Crippen LogP contribution in [-0.4, -0.2) is 30.1 Å². The van der Waals surface area contributed by atoms with Crippen LogP contribution in [0.4, 0.5) is 11.4 Å². The number of amides is 1. The minimum Gasteiger partial charge on any atom is -0.490 e. The Balaban J connectivity index is 1.66. The number of benzene rings is 2. The molecule has 9 heteroatoms. The summed E-state index contributed by atoms with van der Waals surface area (Å²) >= 11 is 9.41. The number of anilines is 1. The third kappa shape index (κ3) is 4.97. The maximum absolute atomic E-state index is 12.4. The average Bonchev–Trinajstić information content (AvgIpc) is 3.15. The number of nitro benzene ring substituents is 1. The summed E-state index contributed by atoms with van der Waals surface area (Å²) in [6.45, 7) is 1.22. The molecule has 2 aromatic carbocycles. The van der Waals surface area contributed by atoms with Gasteiger partial charge in [-0.05, 0) is 53.0 Å². The fraction of sp³-hybridized carbons (Fsp3) is 0.278. The summed E-state index contributed by atoms with van der Waals surface area (Å²) in [5.74, 6) is 0.229. The predicted molar refractivity (Wildman–Crippen MR) is 105 cm³/mol. The molecule has 0 radical (unpaired) electrons. The highest BCUT2D eigenvalue weighted by Crippen LogP contribution is 2.29. The van der Waals surface area contributed by atoms with Gasteiger partial charge in [0.15, 0.2) is 0 Å². The first kappa shape index (κ1) is 19.6. The Morgan fingerprint density at radius 2 is 2.19 bits per heavy atom. The maximum atomic E-state index is 12.4. The molecule has 7 nitrogen and oxygen atoms in total. The first-order chi connectivity index (χ1) is 12.9. The van der Waals surface area contributed by atoms with E-state index in [-0.39, 0.29) is 16.8 Å². The fourth-order valence-corrected chi connectivity index (χ4v) is 3.35. The number of nitrogens with one attached hydrogen (secondary N) is 1. The SMILES string of the molecule is O=C(Nc1ccc([N+](=O)[O-])cc1Cl)c1ccc(OCC2CCCO2)c(Br)c1. The second-order valence-corrected chi connectivity index (χ2v) is 7.23. The number of non-ortho nitro benzene ring substituents is 1. The molecule has 2 aromatic rings. The van der Waals surface area contributed by atoms with E-state index in [9.17, 15) is 14.9 Å². The third-order valence-corrected chi connectivity index (χ3v) is 4.99. The van der Waals surface area contributed by atoms with Gasteiger partial charge in [0.25, 0.3) is 11.6 Å². The molecule has 0 aliphatic carbocycles. The highest BCUT2D eigenvalue weighted by atomic mass is 79.9. The van der Waals surface area contributed by atoms with Crippen LogP contribution in [0.1, 0.15) is 23.2 Å². The molecule has 1 unspecified atom stereocenters. The number of hydrogen-bond acceptors (Lipinski definition) is 5. The number of nitro groups is 1. The summed E-state index contributed by atoms with van der Waals surface area (Å²) in [6.07, 6.45) is 2.12. The first-order valence-electron chi connectivity index (χ1n) is 8.23. The van der Waals surface area contributed by atoms with Crippen molar-refractivity contribution in [1.29, 1.82) is 0 Å². The number of carbonyl (C=O) groups excluding carboxylic acids is 1. The summed E-state index contributed by atoms with van der Waals surface area (Å²) in [5.41, 5.74) is 0.538. The van der Waals surface area contributed by atoms with Crippen LogP contribution in [0.5, 0.6) is 5.75 Å². The Morgan fingerprint density at radius 3 is 2.81 bits per heavy atom. The van der Waals surface area contributed by atoms with Gasteiger partial charge in [-0.15, -0.1) is 0 Å². The van der Waals surface area contributed by atoms with Crippen molar-refractivity contribution in [2.45, 2.75) is 18.9 Å². The lowest BCUT2D eigenvalue weighted by Gasteiger charge is -2.13. The van der Waals surface area contributed by atoms with Gasteiger partial charge < -0.3 is 14.8 Å². The van der Waals surface area contributed by atoms with E-state index in [0.29, 0.717) is 28.1 Å². The lowest BCUT2D eigenvalue weighted by atomic mass is 10.2. The van der Waals surface area contributed by atoms with Crippen LogP contribution in [-0.2, 0) is 4.74 Å².